The van der Waals surface area contributed by atoms with Crippen molar-refractivity contribution in [3.8, 4) is 0 Å². The first-order chi connectivity index (χ1) is 10.4. The van der Waals surface area contributed by atoms with Crippen molar-refractivity contribution in [3.05, 3.63) is 47.1 Å². The van der Waals surface area contributed by atoms with Crippen molar-refractivity contribution in [2.24, 2.45) is 0 Å². The van der Waals surface area contributed by atoms with E-state index >= 15 is 0 Å². The molecule has 1 fully saturated rings. The Bertz CT molecular complexity index is 553. The molecule has 0 amide bonds. The van der Waals surface area contributed by atoms with Crippen LogP contribution in [-0.2, 0) is 6.54 Å². The smallest absolute Gasteiger partial charge is 0.0599 e. The van der Waals surface area contributed by atoms with E-state index in [0.717, 1.165) is 6.54 Å². The Labute approximate surface area is 135 Å². The van der Waals surface area contributed by atoms with Crippen molar-refractivity contribution in [3.63, 3.8) is 0 Å². The Kier molecular flexibility index (Phi) is 5.33. The van der Waals surface area contributed by atoms with E-state index in [2.05, 4.69) is 40.4 Å². The quantitative estimate of drug-likeness (QED) is 0.739. The average molecular weight is 319 g/mol. The van der Waals surface area contributed by atoms with Gasteiger partial charge < -0.3 is 0 Å². The molecule has 0 radical (unpaired) electrons. The minimum atomic E-state index is 0.551. The Morgan fingerprint density at radius 2 is 2.05 bits per heavy atom. The van der Waals surface area contributed by atoms with Gasteiger partial charge in [-0.1, -0.05) is 12.8 Å². The van der Waals surface area contributed by atoms with Crippen molar-refractivity contribution < 1.29 is 0 Å². The molecule has 21 heavy (non-hydrogen) atoms. The minimum absolute atomic E-state index is 0.551. The van der Waals surface area contributed by atoms with E-state index in [1.54, 1.807) is 0 Å². The Morgan fingerprint density at radius 1 is 1.19 bits per heavy atom. The van der Waals surface area contributed by atoms with Crippen LogP contribution in [0.4, 0.5) is 0 Å². The predicted molar refractivity (Wildman–Crippen MR) is 92.0 cm³/mol. The first-order valence-corrected chi connectivity index (χ1v) is 9.67. The maximum absolute atomic E-state index is 4.17. The SMILES string of the molecule is CSc1ccc(CN2CCCCC[C@H]2c2ccncc2)s1. The van der Waals surface area contributed by atoms with Gasteiger partial charge in [0.25, 0.3) is 0 Å². The number of rotatable bonds is 4. The van der Waals surface area contributed by atoms with Crippen molar-refractivity contribution in [1.29, 1.82) is 0 Å². The van der Waals surface area contributed by atoms with E-state index < -0.39 is 0 Å². The summed E-state index contributed by atoms with van der Waals surface area (Å²) in [5.74, 6) is 0. The van der Waals surface area contributed by atoms with Gasteiger partial charge in [0.2, 0.25) is 0 Å². The second-order valence-electron chi connectivity index (χ2n) is 5.54. The molecule has 0 spiro atoms. The first kappa shape index (κ1) is 15.1. The fourth-order valence-electron chi connectivity index (χ4n) is 3.07. The number of pyridine rings is 1. The Hall–Kier alpha value is -0.840. The van der Waals surface area contributed by atoms with Crippen LogP contribution in [0.15, 0.2) is 40.9 Å². The van der Waals surface area contributed by atoms with Gasteiger partial charge in [0.1, 0.15) is 0 Å². The summed E-state index contributed by atoms with van der Waals surface area (Å²) in [6.07, 6.45) is 11.3. The molecule has 0 unspecified atom stereocenters. The number of nitrogens with zero attached hydrogens (tertiary/aromatic N) is 2. The molecule has 2 aromatic heterocycles. The topological polar surface area (TPSA) is 16.1 Å². The molecule has 0 bridgehead atoms. The minimum Gasteiger partial charge on any atom is -0.291 e. The summed E-state index contributed by atoms with van der Waals surface area (Å²) < 4.78 is 1.42. The molecule has 0 N–H and O–H groups in total. The largest absolute Gasteiger partial charge is 0.291 e. The summed E-state index contributed by atoms with van der Waals surface area (Å²) in [7, 11) is 0. The normalized spacial score (nSPS) is 20.3. The van der Waals surface area contributed by atoms with Gasteiger partial charge in [-0.2, -0.15) is 0 Å². The van der Waals surface area contributed by atoms with E-state index in [1.807, 2.05) is 35.5 Å². The molecule has 1 aliphatic rings. The van der Waals surface area contributed by atoms with E-state index in [-0.39, 0.29) is 0 Å². The van der Waals surface area contributed by atoms with Gasteiger partial charge in [-0.3, -0.25) is 9.88 Å². The molecular weight excluding hydrogens is 296 g/mol. The molecule has 3 heterocycles. The highest BCUT2D eigenvalue weighted by molar-refractivity contribution is 8.00. The van der Waals surface area contributed by atoms with Gasteiger partial charge in [-0.05, 0) is 55.5 Å². The lowest BCUT2D eigenvalue weighted by molar-refractivity contribution is 0.194. The van der Waals surface area contributed by atoms with Gasteiger partial charge in [-0.25, -0.2) is 0 Å². The van der Waals surface area contributed by atoms with Crippen LogP contribution in [0.2, 0.25) is 0 Å². The summed E-state index contributed by atoms with van der Waals surface area (Å²) in [6, 6.07) is 9.47. The highest BCUT2D eigenvalue weighted by Gasteiger charge is 2.23. The average Bonchev–Trinajstić information content (AvgIpc) is 2.86. The molecule has 0 saturated carbocycles. The molecule has 4 heteroatoms. The Balaban J connectivity index is 1.78. The van der Waals surface area contributed by atoms with Crippen LogP contribution >= 0.6 is 23.1 Å². The van der Waals surface area contributed by atoms with Crippen molar-refractivity contribution >= 4 is 23.1 Å². The maximum atomic E-state index is 4.17. The van der Waals surface area contributed by atoms with E-state index in [9.17, 15) is 0 Å². The third-order valence-corrected chi connectivity index (χ3v) is 6.30. The molecule has 0 aromatic carbocycles. The van der Waals surface area contributed by atoms with Crippen molar-refractivity contribution in [2.75, 3.05) is 12.8 Å². The van der Waals surface area contributed by atoms with E-state index in [4.69, 9.17) is 0 Å². The highest BCUT2D eigenvalue weighted by Crippen LogP contribution is 2.33. The van der Waals surface area contributed by atoms with Crippen LogP contribution in [0.25, 0.3) is 0 Å². The maximum Gasteiger partial charge on any atom is 0.0599 e. The summed E-state index contributed by atoms with van der Waals surface area (Å²) in [6.45, 7) is 2.29. The standard InChI is InChI=1S/C17H22N2S2/c1-20-17-7-6-15(21-17)13-19-12-4-2-3-5-16(19)14-8-10-18-11-9-14/h6-11,16H,2-5,12-13H2,1H3/t16-/m0/s1. The predicted octanol–water partition coefficient (Wildman–Crippen LogP) is 4.98. The molecular formula is C17H22N2S2. The number of aromatic nitrogens is 1. The molecule has 3 rings (SSSR count). The number of hydrogen-bond donors (Lipinski definition) is 0. The van der Waals surface area contributed by atoms with Gasteiger partial charge >= 0.3 is 0 Å². The number of thiophene rings is 1. The van der Waals surface area contributed by atoms with Crippen LogP contribution in [0.1, 0.15) is 42.2 Å². The monoisotopic (exact) mass is 318 g/mol. The van der Waals surface area contributed by atoms with Crippen molar-refractivity contribution in [1.82, 2.24) is 9.88 Å². The molecule has 1 saturated heterocycles. The lowest BCUT2D eigenvalue weighted by Crippen LogP contribution is -2.27. The van der Waals surface area contributed by atoms with Crippen LogP contribution < -0.4 is 0 Å². The second kappa shape index (κ2) is 7.43. The van der Waals surface area contributed by atoms with Gasteiger partial charge in [-0.15, -0.1) is 23.1 Å². The van der Waals surface area contributed by atoms with Gasteiger partial charge in [0, 0.05) is 29.9 Å². The van der Waals surface area contributed by atoms with E-state index in [1.165, 1.54) is 46.9 Å². The lowest BCUT2D eigenvalue weighted by atomic mass is 10.0. The number of likely N-dealkylation sites (tertiary alicyclic amines) is 1. The lowest BCUT2D eigenvalue weighted by Gasteiger charge is -2.29. The highest BCUT2D eigenvalue weighted by atomic mass is 32.2. The zero-order valence-electron chi connectivity index (χ0n) is 12.5. The van der Waals surface area contributed by atoms with Crippen LogP contribution in [0.3, 0.4) is 0 Å². The third kappa shape index (κ3) is 3.87. The fourth-order valence-corrected chi connectivity index (χ4v) is 4.69. The summed E-state index contributed by atoms with van der Waals surface area (Å²) >= 11 is 3.78. The molecule has 1 aliphatic heterocycles. The summed E-state index contributed by atoms with van der Waals surface area (Å²) in [5.41, 5.74) is 1.42. The van der Waals surface area contributed by atoms with Crippen LogP contribution in [-0.4, -0.2) is 22.7 Å². The molecule has 112 valence electrons. The number of hydrogen-bond acceptors (Lipinski definition) is 4. The third-order valence-electron chi connectivity index (χ3n) is 4.15. The summed E-state index contributed by atoms with van der Waals surface area (Å²) in [5, 5.41) is 0. The van der Waals surface area contributed by atoms with Crippen molar-refractivity contribution in [2.45, 2.75) is 42.5 Å². The molecule has 0 aliphatic carbocycles. The zero-order chi connectivity index (χ0) is 14.5. The first-order valence-electron chi connectivity index (χ1n) is 7.63. The molecule has 1 atom stereocenters. The second-order valence-corrected chi connectivity index (χ2v) is 7.82. The zero-order valence-corrected chi connectivity index (χ0v) is 14.1. The molecule has 2 nitrogen and oxygen atoms in total. The van der Waals surface area contributed by atoms with Gasteiger partial charge in [0.05, 0.1) is 4.21 Å². The fraction of sp³-hybridized carbons (Fsp3) is 0.471. The molecule has 2 aromatic rings. The van der Waals surface area contributed by atoms with Gasteiger partial charge in [0.15, 0.2) is 0 Å². The Morgan fingerprint density at radius 3 is 2.81 bits per heavy atom. The summed E-state index contributed by atoms with van der Waals surface area (Å²) in [4.78, 5) is 8.32. The van der Waals surface area contributed by atoms with Crippen LogP contribution in [0.5, 0.6) is 0 Å². The number of thioether (sulfide) groups is 1. The van der Waals surface area contributed by atoms with E-state index in [0.29, 0.717) is 6.04 Å². The van der Waals surface area contributed by atoms with Crippen LogP contribution in [0, 0.1) is 0 Å².